The summed E-state index contributed by atoms with van der Waals surface area (Å²) in [6, 6.07) is 12.7. The minimum atomic E-state index is -3.16. The fraction of sp³-hybridized carbons (Fsp3) is 0.300. The molecule has 6 nitrogen and oxygen atoms in total. The van der Waals surface area contributed by atoms with Crippen LogP contribution in [0, 0.1) is 17.1 Å². The van der Waals surface area contributed by atoms with Crippen molar-refractivity contribution in [1.29, 1.82) is 5.26 Å². The minimum absolute atomic E-state index is 0.0686. The Labute approximate surface area is 164 Å². The van der Waals surface area contributed by atoms with Gasteiger partial charge >= 0.3 is 0 Å². The summed E-state index contributed by atoms with van der Waals surface area (Å²) in [7, 11) is -3.16. The number of aliphatic imine (C=N–C) groups is 1. The molecule has 2 aromatic carbocycles. The van der Waals surface area contributed by atoms with Crippen LogP contribution in [0.3, 0.4) is 0 Å². The molecule has 8 heteroatoms. The molecule has 0 fully saturated rings. The van der Waals surface area contributed by atoms with Crippen LogP contribution in [0.2, 0.25) is 0 Å². The van der Waals surface area contributed by atoms with Crippen LogP contribution >= 0.6 is 10.6 Å². The van der Waals surface area contributed by atoms with Gasteiger partial charge in [-0.1, -0.05) is 0 Å². The Hall–Kier alpha value is -2.60. The van der Waals surface area contributed by atoms with Gasteiger partial charge in [-0.2, -0.15) is 15.9 Å². The Morgan fingerprint density at radius 2 is 1.75 bits per heavy atom. The van der Waals surface area contributed by atoms with Crippen LogP contribution in [-0.4, -0.2) is 25.4 Å². The molecule has 0 unspecified atom stereocenters. The number of hydrogen-bond donors (Lipinski definition) is 3. The van der Waals surface area contributed by atoms with E-state index in [9.17, 15) is 13.5 Å². The van der Waals surface area contributed by atoms with Crippen molar-refractivity contribution < 1.29 is 18.2 Å². The van der Waals surface area contributed by atoms with Gasteiger partial charge in [0.2, 0.25) is 0 Å². The minimum Gasteiger partial charge on any atom is -0.457 e. The molecular formula is C20H22FN3O3S. The fourth-order valence-electron chi connectivity index (χ4n) is 3.02. The molecule has 1 heterocycles. The lowest BCUT2D eigenvalue weighted by Crippen LogP contribution is -2.52. The van der Waals surface area contributed by atoms with Gasteiger partial charge in [0, 0.05) is 5.56 Å². The highest BCUT2D eigenvalue weighted by Gasteiger charge is 2.49. The molecule has 0 amide bonds. The van der Waals surface area contributed by atoms with E-state index < -0.39 is 26.7 Å². The predicted octanol–water partition coefficient (Wildman–Crippen LogP) is 4.60. The van der Waals surface area contributed by atoms with Crippen molar-refractivity contribution in [2.45, 2.75) is 31.1 Å². The number of rotatable bonds is 3. The largest absolute Gasteiger partial charge is 0.457 e. The number of benzene rings is 2. The predicted molar refractivity (Wildman–Crippen MR) is 108 cm³/mol. The van der Waals surface area contributed by atoms with Crippen molar-refractivity contribution in [3.63, 3.8) is 0 Å². The molecule has 0 bridgehead atoms. The third-order valence-corrected chi connectivity index (χ3v) is 7.83. The average Bonchev–Trinajstić information content (AvgIpc) is 2.62. The number of nitriles is 1. The van der Waals surface area contributed by atoms with Gasteiger partial charge in [-0.3, -0.25) is 14.1 Å². The summed E-state index contributed by atoms with van der Waals surface area (Å²) < 4.78 is 40.5. The Morgan fingerprint density at radius 1 is 1.14 bits per heavy atom. The summed E-state index contributed by atoms with van der Waals surface area (Å²) in [5.41, 5.74) is 5.43. The maximum absolute atomic E-state index is 14.7. The Morgan fingerprint density at radius 3 is 2.32 bits per heavy atom. The van der Waals surface area contributed by atoms with Gasteiger partial charge in [0.05, 0.1) is 17.4 Å². The Balaban J connectivity index is 1.99. The lowest BCUT2D eigenvalue weighted by molar-refractivity contribution is 0.414. The molecule has 0 aliphatic carbocycles. The molecule has 148 valence electrons. The van der Waals surface area contributed by atoms with Crippen LogP contribution in [0.1, 0.15) is 31.9 Å². The normalized spacial score (nSPS) is 24.0. The summed E-state index contributed by atoms with van der Waals surface area (Å²) in [6.07, 6.45) is 0. The van der Waals surface area contributed by atoms with Gasteiger partial charge in [0.15, 0.2) is 0 Å². The van der Waals surface area contributed by atoms with Crippen LogP contribution in [0.4, 0.5) is 4.39 Å². The van der Waals surface area contributed by atoms with Gasteiger partial charge in [-0.25, -0.2) is 4.39 Å². The Kier molecular flexibility index (Phi) is 4.88. The van der Waals surface area contributed by atoms with Crippen molar-refractivity contribution >= 4 is 16.4 Å². The first-order chi connectivity index (χ1) is 13.0. The van der Waals surface area contributed by atoms with E-state index in [4.69, 9.17) is 15.7 Å². The lowest BCUT2D eigenvalue weighted by atomic mass is 9.93. The van der Waals surface area contributed by atoms with Crippen LogP contribution in [0.25, 0.3) is 0 Å². The molecular weight excluding hydrogens is 381 g/mol. The van der Waals surface area contributed by atoms with E-state index in [-0.39, 0.29) is 17.2 Å². The van der Waals surface area contributed by atoms with Crippen molar-refractivity contribution in [1.82, 2.24) is 0 Å². The van der Waals surface area contributed by atoms with Crippen LogP contribution in [0.5, 0.6) is 11.5 Å². The van der Waals surface area contributed by atoms with Gasteiger partial charge < -0.3 is 10.5 Å². The quantitative estimate of drug-likeness (QED) is 0.693. The summed E-state index contributed by atoms with van der Waals surface area (Å²) in [5.74, 6) is 0.224. The molecule has 4 N–H and O–H groups in total. The molecule has 0 saturated carbocycles. The van der Waals surface area contributed by atoms with Gasteiger partial charge in [-0.15, -0.1) is 0 Å². The third kappa shape index (κ3) is 3.44. The maximum Gasteiger partial charge on any atom is 0.129 e. The lowest BCUT2D eigenvalue weighted by Gasteiger charge is -2.53. The molecule has 2 aromatic rings. The number of nitrogens with two attached hydrogens (primary N) is 1. The average molecular weight is 403 g/mol. The number of amidine groups is 1. The third-order valence-electron chi connectivity index (χ3n) is 5.02. The second-order valence-electron chi connectivity index (χ2n) is 7.47. The van der Waals surface area contributed by atoms with E-state index in [0.29, 0.717) is 17.1 Å². The van der Waals surface area contributed by atoms with Crippen molar-refractivity contribution in [3.8, 4) is 17.6 Å². The van der Waals surface area contributed by atoms with Crippen LogP contribution in [0.15, 0.2) is 47.5 Å². The highest BCUT2D eigenvalue weighted by Crippen LogP contribution is 2.59. The number of hydrogen-bond acceptors (Lipinski definition) is 6. The molecule has 1 aliphatic rings. The molecule has 0 radical (unpaired) electrons. The number of ether oxygens (including phenoxy) is 1. The van der Waals surface area contributed by atoms with E-state index in [2.05, 4.69) is 4.99 Å². The summed E-state index contributed by atoms with van der Waals surface area (Å²) in [4.78, 5) is 4.43. The van der Waals surface area contributed by atoms with Gasteiger partial charge in [-0.05, 0) is 63.2 Å². The highest BCUT2D eigenvalue weighted by atomic mass is 32.3. The molecule has 0 aromatic heterocycles. The second kappa shape index (κ2) is 6.78. The first-order valence-electron chi connectivity index (χ1n) is 8.58. The van der Waals surface area contributed by atoms with Crippen molar-refractivity contribution in [3.05, 3.63) is 59.4 Å². The number of nitrogens with zero attached hydrogens (tertiary/aromatic N) is 2. The number of halogens is 1. The van der Waals surface area contributed by atoms with E-state index in [1.807, 2.05) is 6.07 Å². The highest BCUT2D eigenvalue weighted by molar-refractivity contribution is 8.26. The topological polar surface area (TPSA) is 112 Å². The second-order valence-corrected chi connectivity index (χ2v) is 10.1. The molecule has 0 saturated heterocycles. The van der Waals surface area contributed by atoms with E-state index in [1.54, 1.807) is 45.0 Å². The zero-order valence-electron chi connectivity index (χ0n) is 15.8. The monoisotopic (exact) mass is 403 g/mol. The molecule has 3 rings (SSSR count). The molecule has 28 heavy (non-hydrogen) atoms. The Bertz CT molecular complexity index is 983. The molecule has 1 atom stereocenters. The van der Waals surface area contributed by atoms with Crippen LogP contribution in [-0.2, 0) is 5.54 Å². The van der Waals surface area contributed by atoms with Crippen LogP contribution < -0.4 is 10.5 Å². The summed E-state index contributed by atoms with van der Waals surface area (Å²) in [5, 5.41) is 8.86. The van der Waals surface area contributed by atoms with E-state index >= 15 is 0 Å². The van der Waals surface area contributed by atoms with E-state index in [0.717, 1.165) is 0 Å². The zero-order chi connectivity index (χ0) is 20.7. The smallest absolute Gasteiger partial charge is 0.129 e. The van der Waals surface area contributed by atoms with E-state index in [1.165, 1.54) is 18.2 Å². The van der Waals surface area contributed by atoms with Crippen molar-refractivity contribution in [2.75, 3.05) is 5.75 Å². The summed E-state index contributed by atoms with van der Waals surface area (Å²) in [6.45, 7) is 4.84. The summed E-state index contributed by atoms with van der Waals surface area (Å²) >= 11 is 0. The molecule has 0 spiro atoms. The standard InChI is InChI=1S/C20H22FN3O3S/c1-19(2)18(23)24-20(3,12-28(19,25)26)16-10-15(8-9-17(16)21)27-14-6-4-13(11-22)5-7-14/h4-10,25-26H,12H2,1-3H3,(H2,23,24)/t20-/m0/s1. The maximum atomic E-state index is 14.7. The fourth-order valence-corrected chi connectivity index (χ4v) is 4.77. The first kappa shape index (κ1) is 20.1. The SMILES string of the molecule is CC1(C)C(N)=N[C@](C)(c2cc(Oc3ccc(C#N)cc3)ccc2F)CS1(O)O. The van der Waals surface area contributed by atoms with Gasteiger partial charge in [0.1, 0.15) is 33.4 Å². The molecule has 1 aliphatic heterocycles. The first-order valence-corrected chi connectivity index (χ1v) is 10.3. The van der Waals surface area contributed by atoms with Crippen molar-refractivity contribution in [2.24, 2.45) is 10.7 Å². The van der Waals surface area contributed by atoms with Gasteiger partial charge in [0.25, 0.3) is 0 Å². The zero-order valence-corrected chi connectivity index (χ0v) is 16.6.